The number of carbonyl (C=O) groups is 1. The van der Waals surface area contributed by atoms with Crippen LogP contribution in [0.1, 0.15) is 38.2 Å². The van der Waals surface area contributed by atoms with Gasteiger partial charge in [0.05, 0.1) is 0 Å². The van der Waals surface area contributed by atoms with Crippen LogP contribution < -0.4 is 5.32 Å². The summed E-state index contributed by atoms with van der Waals surface area (Å²) in [6, 6.07) is 8.76. The number of hydrogen-bond donors (Lipinski definition) is 1. The maximum Gasteiger partial charge on any atom is 0.245 e. The molecule has 3 nitrogen and oxygen atoms in total. The molecule has 19 heavy (non-hydrogen) atoms. The van der Waals surface area contributed by atoms with E-state index in [1.165, 1.54) is 12.0 Å². The molecule has 102 valence electrons. The third-order valence-corrected chi connectivity index (χ3v) is 4.48. The average molecular weight is 258 g/mol. The molecule has 3 heteroatoms. The van der Waals surface area contributed by atoms with Crippen LogP contribution in [0.25, 0.3) is 0 Å². The summed E-state index contributed by atoms with van der Waals surface area (Å²) in [4.78, 5) is 14.7. The highest BCUT2D eigenvalue weighted by molar-refractivity contribution is 5.86. The third-order valence-electron chi connectivity index (χ3n) is 4.48. The van der Waals surface area contributed by atoms with Crippen molar-refractivity contribution >= 4 is 11.6 Å². The largest absolute Gasteiger partial charge is 0.373 e. The second-order valence-electron chi connectivity index (χ2n) is 5.63. The van der Waals surface area contributed by atoms with E-state index in [2.05, 4.69) is 35.3 Å². The van der Waals surface area contributed by atoms with Crippen molar-refractivity contribution in [2.45, 2.75) is 51.1 Å². The van der Waals surface area contributed by atoms with Crippen LogP contribution in [0.3, 0.4) is 0 Å². The second-order valence-corrected chi connectivity index (χ2v) is 5.63. The maximum absolute atomic E-state index is 12.6. The Kier molecular flexibility index (Phi) is 3.45. The lowest BCUT2D eigenvalue weighted by molar-refractivity contribution is -0.133. The van der Waals surface area contributed by atoms with Crippen molar-refractivity contribution < 1.29 is 4.79 Å². The number of nitrogens with one attached hydrogen (secondary N) is 1. The molecule has 1 amide bonds. The summed E-state index contributed by atoms with van der Waals surface area (Å²) in [7, 11) is 0. The molecule has 1 saturated heterocycles. The lowest BCUT2D eigenvalue weighted by Crippen LogP contribution is -2.46. The van der Waals surface area contributed by atoms with Gasteiger partial charge in [-0.3, -0.25) is 4.79 Å². The number of para-hydroxylation sites is 1. The van der Waals surface area contributed by atoms with Crippen molar-refractivity contribution in [1.29, 1.82) is 0 Å². The van der Waals surface area contributed by atoms with Crippen molar-refractivity contribution in [1.82, 2.24) is 4.90 Å². The summed E-state index contributed by atoms with van der Waals surface area (Å²) in [6.45, 7) is 3.12. The van der Waals surface area contributed by atoms with Gasteiger partial charge in [0.2, 0.25) is 5.91 Å². The quantitative estimate of drug-likeness (QED) is 0.884. The zero-order valence-corrected chi connectivity index (χ0v) is 11.6. The topological polar surface area (TPSA) is 32.3 Å². The normalized spacial score (nSPS) is 25.8. The number of fused-ring (bicyclic) bond motifs is 1. The van der Waals surface area contributed by atoms with Gasteiger partial charge in [-0.2, -0.15) is 0 Å². The predicted octanol–water partition coefficient (Wildman–Crippen LogP) is 2.81. The van der Waals surface area contributed by atoms with Crippen molar-refractivity contribution in [3.8, 4) is 0 Å². The van der Waals surface area contributed by atoms with Crippen LogP contribution in [0.5, 0.6) is 0 Å². The number of benzene rings is 1. The molecular weight excluding hydrogens is 236 g/mol. The van der Waals surface area contributed by atoms with Crippen LogP contribution in [-0.4, -0.2) is 29.4 Å². The highest BCUT2D eigenvalue weighted by Crippen LogP contribution is 2.27. The molecule has 2 atom stereocenters. The molecule has 0 aliphatic carbocycles. The number of aryl methyl sites for hydroxylation is 1. The molecule has 2 aliphatic heterocycles. The Balaban J connectivity index is 1.72. The standard InChI is InChI=1S/C16H22N2O/c1-2-13-7-5-11-18(13)16(19)15-10-9-12-6-3-4-8-14(12)17-15/h3-4,6,8,13,15,17H,2,5,7,9-11H2,1H3. The monoisotopic (exact) mass is 258 g/mol. The number of rotatable bonds is 2. The summed E-state index contributed by atoms with van der Waals surface area (Å²) >= 11 is 0. The van der Waals surface area contributed by atoms with Gasteiger partial charge in [-0.1, -0.05) is 25.1 Å². The molecule has 1 N–H and O–H groups in total. The van der Waals surface area contributed by atoms with Crippen LogP contribution in [0.2, 0.25) is 0 Å². The Hall–Kier alpha value is -1.51. The average Bonchev–Trinajstić information content (AvgIpc) is 2.94. The van der Waals surface area contributed by atoms with E-state index in [-0.39, 0.29) is 6.04 Å². The van der Waals surface area contributed by atoms with Crippen LogP contribution in [-0.2, 0) is 11.2 Å². The van der Waals surface area contributed by atoms with Gasteiger partial charge in [-0.25, -0.2) is 0 Å². The molecule has 1 fully saturated rings. The van der Waals surface area contributed by atoms with Gasteiger partial charge in [-0.05, 0) is 43.7 Å². The van der Waals surface area contributed by atoms with Gasteiger partial charge in [0.15, 0.2) is 0 Å². The first-order chi connectivity index (χ1) is 9.29. The molecule has 1 aromatic carbocycles. The zero-order valence-electron chi connectivity index (χ0n) is 11.6. The minimum absolute atomic E-state index is 0.0259. The summed E-state index contributed by atoms with van der Waals surface area (Å²) in [5.74, 6) is 0.304. The van der Waals surface area contributed by atoms with Crippen LogP contribution in [0.15, 0.2) is 24.3 Å². The van der Waals surface area contributed by atoms with Gasteiger partial charge in [0, 0.05) is 18.3 Å². The molecule has 2 heterocycles. The molecule has 0 saturated carbocycles. The predicted molar refractivity (Wildman–Crippen MR) is 77.2 cm³/mol. The van der Waals surface area contributed by atoms with E-state index >= 15 is 0 Å². The minimum atomic E-state index is -0.0259. The Morgan fingerprint density at radius 2 is 2.21 bits per heavy atom. The zero-order chi connectivity index (χ0) is 13.2. The molecule has 1 aromatic rings. The fourth-order valence-electron chi connectivity index (χ4n) is 3.37. The van der Waals surface area contributed by atoms with Gasteiger partial charge < -0.3 is 10.2 Å². The first kappa shape index (κ1) is 12.5. The van der Waals surface area contributed by atoms with Gasteiger partial charge in [0.1, 0.15) is 6.04 Å². The minimum Gasteiger partial charge on any atom is -0.373 e. The first-order valence-corrected chi connectivity index (χ1v) is 7.44. The molecule has 0 bridgehead atoms. The third kappa shape index (κ3) is 2.34. The Morgan fingerprint density at radius 1 is 1.37 bits per heavy atom. The van der Waals surface area contributed by atoms with Gasteiger partial charge in [0.25, 0.3) is 0 Å². The van der Waals surface area contributed by atoms with Crippen LogP contribution in [0.4, 0.5) is 5.69 Å². The second kappa shape index (κ2) is 5.24. The fourth-order valence-corrected chi connectivity index (χ4v) is 3.37. The molecule has 2 aliphatic rings. The summed E-state index contributed by atoms with van der Waals surface area (Å²) in [5, 5.41) is 3.43. The van der Waals surface area contributed by atoms with E-state index in [1.54, 1.807) is 0 Å². The van der Waals surface area contributed by atoms with Crippen LogP contribution >= 0.6 is 0 Å². The number of likely N-dealkylation sites (tertiary alicyclic amines) is 1. The smallest absolute Gasteiger partial charge is 0.245 e. The van der Waals surface area contributed by atoms with Crippen molar-refractivity contribution in [2.75, 3.05) is 11.9 Å². The van der Waals surface area contributed by atoms with Crippen LogP contribution in [0, 0.1) is 0 Å². The van der Waals surface area contributed by atoms with Crippen molar-refractivity contribution in [3.05, 3.63) is 29.8 Å². The summed E-state index contributed by atoms with van der Waals surface area (Å²) in [6.07, 6.45) is 5.33. The molecule has 2 unspecified atom stereocenters. The van der Waals surface area contributed by atoms with E-state index in [4.69, 9.17) is 0 Å². The first-order valence-electron chi connectivity index (χ1n) is 7.44. The van der Waals surface area contributed by atoms with Crippen molar-refractivity contribution in [2.24, 2.45) is 0 Å². The summed E-state index contributed by atoms with van der Waals surface area (Å²) in [5.41, 5.74) is 2.47. The van der Waals surface area contributed by atoms with E-state index in [9.17, 15) is 4.79 Å². The van der Waals surface area contributed by atoms with Gasteiger partial charge in [-0.15, -0.1) is 0 Å². The lowest BCUT2D eigenvalue weighted by Gasteiger charge is -2.32. The highest BCUT2D eigenvalue weighted by Gasteiger charge is 2.33. The molecule has 0 radical (unpaired) electrons. The van der Waals surface area contributed by atoms with E-state index in [1.807, 2.05) is 6.07 Å². The SMILES string of the molecule is CCC1CCCN1C(=O)C1CCc2ccccc2N1. The summed E-state index contributed by atoms with van der Waals surface area (Å²) < 4.78 is 0. The fraction of sp³-hybridized carbons (Fsp3) is 0.562. The highest BCUT2D eigenvalue weighted by atomic mass is 16.2. The number of nitrogens with zero attached hydrogens (tertiary/aromatic N) is 1. The van der Waals surface area contributed by atoms with E-state index in [0.29, 0.717) is 11.9 Å². The van der Waals surface area contributed by atoms with E-state index < -0.39 is 0 Å². The lowest BCUT2D eigenvalue weighted by atomic mass is 9.97. The molecule has 0 spiro atoms. The number of hydrogen-bond acceptors (Lipinski definition) is 2. The van der Waals surface area contributed by atoms with E-state index in [0.717, 1.165) is 37.9 Å². The Morgan fingerprint density at radius 3 is 3.05 bits per heavy atom. The molecular formula is C16H22N2O. The Labute approximate surface area is 115 Å². The number of amides is 1. The van der Waals surface area contributed by atoms with Gasteiger partial charge >= 0.3 is 0 Å². The molecule has 0 aromatic heterocycles. The number of anilines is 1. The van der Waals surface area contributed by atoms with Crippen molar-refractivity contribution in [3.63, 3.8) is 0 Å². The Bertz CT molecular complexity index is 472. The number of carbonyl (C=O) groups excluding carboxylic acids is 1. The maximum atomic E-state index is 12.6. The molecule has 3 rings (SSSR count).